The van der Waals surface area contributed by atoms with Gasteiger partial charge in [-0.25, -0.2) is 9.29 Å². The van der Waals surface area contributed by atoms with E-state index in [9.17, 15) is 19.1 Å². The summed E-state index contributed by atoms with van der Waals surface area (Å²) in [6.45, 7) is 2.56. The molecule has 25 heavy (non-hydrogen) atoms. The van der Waals surface area contributed by atoms with Gasteiger partial charge in [0, 0.05) is 0 Å². The van der Waals surface area contributed by atoms with Crippen LogP contribution in [0.25, 0.3) is 5.57 Å². The number of halogens is 1. The van der Waals surface area contributed by atoms with Gasteiger partial charge in [-0.3, -0.25) is 9.59 Å². The highest BCUT2D eigenvalue weighted by Crippen LogP contribution is 2.32. The Morgan fingerprint density at radius 2 is 1.64 bits per heavy atom. The Hall–Kier alpha value is -3.15. The Balaban J connectivity index is 1.90. The zero-order chi connectivity index (χ0) is 18.0. The van der Waals surface area contributed by atoms with E-state index in [0.29, 0.717) is 17.9 Å². The molecule has 1 aliphatic heterocycles. The number of ether oxygens (including phenoxy) is 1. The van der Waals surface area contributed by atoms with Crippen molar-refractivity contribution in [2.75, 3.05) is 11.5 Å². The summed E-state index contributed by atoms with van der Waals surface area (Å²) in [5.41, 5.74) is 0.515. The summed E-state index contributed by atoms with van der Waals surface area (Å²) in [7, 11) is 0. The van der Waals surface area contributed by atoms with Crippen LogP contribution in [-0.4, -0.2) is 23.5 Å². The summed E-state index contributed by atoms with van der Waals surface area (Å²) in [5.74, 6) is -1.97. The molecule has 0 spiro atoms. The standard InChI is InChI=1S/C19H16FNO4/c1-2-11-25-15-9-3-12(4-10-15)16-17(22)19(24)21(18(16)23)14-7-5-13(20)6-8-14/h3-10,22H,2,11H2,1H3. The van der Waals surface area contributed by atoms with E-state index >= 15 is 0 Å². The molecule has 0 bridgehead atoms. The van der Waals surface area contributed by atoms with Gasteiger partial charge in [-0.2, -0.15) is 0 Å². The molecule has 1 heterocycles. The largest absolute Gasteiger partial charge is 0.502 e. The van der Waals surface area contributed by atoms with Crippen LogP contribution in [0.5, 0.6) is 5.75 Å². The molecule has 2 aromatic rings. The second kappa shape index (κ2) is 6.76. The van der Waals surface area contributed by atoms with Gasteiger partial charge in [0.15, 0.2) is 5.76 Å². The molecule has 0 saturated heterocycles. The zero-order valence-electron chi connectivity index (χ0n) is 13.5. The maximum absolute atomic E-state index is 13.1. The number of hydrogen-bond donors (Lipinski definition) is 1. The SMILES string of the molecule is CCCOc1ccc(C2=C(O)C(=O)N(c3ccc(F)cc3)C2=O)cc1. The molecule has 1 N–H and O–H groups in total. The molecule has 0 aliphatic carbocycles. The van der Waals surface area contributed by atoms with Crippen LogP contribution >= 0.6 is 0 Å². The first-order valence-electron chi connectivity index (χ1n) is 7.83. The summed E-state index contributed by atoms with van der Waals surface area (Å²) < 4.78 is 18.5. The minimum absolute atomic E-state index is 0.0867. The van der Waals surface area contributed by atoms with Crippen LogP contribution in [0.15, 0.2) is 54.3 Å². The van der Waals surface area contributed by atoms with Crippen LogP contribution in [0, 0.1) is 5.82 Å². The number of rotatable bonds is 5. The molecule has 0 atom stereocenters. The minimum Gasteiger partial charge on any atom is -0.502 e. The topological polar surface area (TPSA) is 66.8 Å². The van der Waals surface area contributed by atoms with Crippen LogP contribution in [0.3, 0.4) is 0 Å². The van der Waals surface area contributed by atoms with Gasteiger partial charge >= 0.3 is 5.91 Å². The number of anilines is 1. The lowest BCUT2D eigenvalue weighted by Gasteiger charge is -2.14. The van der Waals surface area contributed by atoms with Crippen molar-refractivity contribution >= 4 is 23.1 Å². The first-order chi connectivity index (χ1) is 12.0. The fourth-order valence-electron chi connectivity index (χ4n) is 2.54. The van der Waals surface area contributed by atoms with E-state index in [0.717, 1.165) is 23.5 Å². The van der Waals surface area contributed by atoms with Gasteiger partial charge in [0.05, 0.1) is 17.9 Å². The number of carbonyl (C=O) groups is 2. The summed E-state index contributed by atoms with van der Waals surface area (Å²) in [6, 6.07) is 11.5. The fraction of sp³-hybridized carbons (Fsp3) is 0.158. The van der Waals surface area contributed by atoms with Crippen molar-refractivity contribution in [2.24, 2.45) is 0 Å². The Morgan fingerprint density at radius 1 is 1.00 bits per heavy atom. The Kier molecular flexibility index (Phi) is 4.52. The van der Waals surface area contributed by atoms with Crippen molar-refractivity contribution in [3.63, 3.8) is 0 Å². The van der Waals surface area contributed by atoms with Crippen LogP contribution < -0.4 is 9.64 Å². The average Bonchev–Trinajstić information content (AvgIpc) is 2.84. The number of hydrogen-bond acceptors (Lipinski definition) is 4. The smallest absolute Gasteiger partial charge is 0.301 e. The summed E-state index contributed by atoms with van der Waals surface area (Å²) in [6.07, 6.45) is 0.868. The third kappa shape index (κ3) is 3.10. The Bertz CT molecular complexity index is 841. The first-order valence-corrected chi connectivity index (χ1v) is 7.83. The van der Waals surface area contributed by atoms with E-state index in [2.05, 4.69) is 0 Å². The summed E-state index contributed by atoms with van der Waals surface area (Å²) in [4.78, 5) is 25.7. The molecule has 0 fully saturated rings. The maximum Gasteiger partial charge on any atom is 0.301 e. The number of aliphatic hydroxyl groups excluding tert-OH is 1. The predicted molar refractivity (Wildman–Crippen MR) is 90.7 cm³/mol. The van der Waals surface area contributed by atoms with Gasteiger partial charge in [-0.05, 0) is 48.4 Å². The van der Waals surface area contributed by atoms with Gasteiger partial charge in [0.1, 0.15) is 11.6 Å². The molecule has 0 aromatic heterocycles. The number of nitrogens with zero attached hydrogens (tertiary/aromatic N) is 1. The monoisotopic (exact) mass is 341 g/mol. The highest BCUT2D eigenvalue weighted by Gasteiger charge is 2.40. The van der Waals surface area contributed by atoms with Crippen LogP contribution in [-0.2, 0) is 9.59 Å². The van der Waals surface area contributed by atoms with E-state index in [1.54, 1.807) is 24.3 Å². The van der Waals surface area contributed by atoms with E-state index in [1.165, 1.54) is 12.1 Å². The lowest BCUT2D eigenvalue weighted by molar-refractivity contribution is -0.121. The molecule has 2 aromatic carbocycles. The number of amides is 2. The Morgan fingerprint density at radius 3 is 2.24 bits per heavy atom. The van der Waals surface area contributed by atoms with E-state index < -0.39 is 23.4 Å². The Labute approximate surface area is 144 Å². The van der Waals surface area contributed by atoms with E-state index in [-0.39, 0.29) is 11.3 Å². The molecular weight excluding hydrogens is 325 g/mol. The number of imide groups is 1. The van der Waals surface area contributed by atoms with Gasteiger partial charge in [-0.15, -0.1) is 0 Å². The quantitative estimate of drug-likeness (QED) is 0.846. The lowest BCUT2D eigenvalue weighted by Crippen LogP contribution is -2.31. The van der Waals surface area contributed by atoms with Crippen molar-refractivity contribution < 1.29 is 23.8 Å². The van der Waals surface area contributed by atoms with Crippen LogP contribution in [0.1, 0.15) is 18.9 Å². The first kappa shape index (κ1) is 16.7. The molecule has 2 amide bonds. The molecule has 3 rings (SSSR count). The number of benzene rings is 2. The molecule has 0 saturated carbocycles. The number of aliphatic hydroxyl groups is 1. The van der Waals surface area contributed by atoms with Gasteiger partial charge in [0.2, 0.25) is 0 Å². The van der Waals surface area contributed by atoms with Crippen LogP contribution in [0.2, 0.25) is 0 Å². The molecule has 6 heteroatoms. The summed E-state index contributed by atoms with van der Waals surface area (Å²) in [5, 5.41) is 10.1. The molecule has 0 unspecified atom stereocenters. The molecule has 128 valence electrons. The second-order valence-corrected chi connectivity index (χ2v) is 5.52. The van der Waals surface area contributed by atoms with Crippen molar-refractivity contribution in [3.05, 3.63) is 65.7 Å². The van der Waals surface area contributed by atoms with Crippen LogP contribution in [0.4, 0.5) is 10.1 Å². The molecule has 0 radical (unpaired) electrons. The maximum atomic E-state index is 13.1. The fourth-order valence-corrected chi connectivity index (χ4v) is 2.54. The van der Waals surface area contributed by atoms with Gasteiger partial charge < -0.3 is 9.84 Å². The van der Waals surface area contributed by atoms with Crippen molar-refractivity contribution in [2.45, 2.75) is 13.3 Å². The highest BCUT2D eigenvalue weighted by atomic mass is 19.1. The zero-order valence-corrected chi connectivity index (χ0v) is 13.5. The second-order valence-electron chi connectivity index (χ2n) is 5.52. The predicted octanol–water partition coefficient (Wildman–Crippen LogP) is 3.46. The normalized spacial score (nSPS) is 14.4. The summed E-state index contributed by atoms with van der Waals surface area (Å²) >= 11 is 0. The van der Waals surface area contributed by atoms with E-state index in [1.807, 2.05) is 6.92 Å². The minimum atomic E-state index is -0.835. The van der Waals surface area contributed by atoms with Crippen molar-refractivity contribution in [1.29, 1.82) is 0 Å². The third-order valence-electron chi connectivity index (χ3n) is 3.76. The van der Waals surface area contributed by atoms with Gasteiger partial charge in [0.25, 0.3) is 5.91 Å². The molecular formula is C19H16FNO4. The third-order valence-corrected chi connectivity index (χ3v) is 3.76. The highest BCUT2D eigenvalue weighted by molar-refractivity contribution is 6.44. The van der Waals surface area contributed by atoms with Gasteiger partial charge in [-0.1, -0.05) is 19.1 Å². The van der Waals surface area contributed by atoms with Crippen molar-refractivity contribution in [3.8, 4) is 5.75 Å². The molecule has 1 aliphatic rings. The lowest BCUT2D eigenvalue weighted by atomic mass is 10.1. The average molecular weight is 341 g/mol. The molecule has 5 nitrogen and oxygen atoms in total. The number of carbonyl (C=O) groups excluding carboxylic acids is 2. The van der Waals surface area contributed by atoms with E-state index in [4.69, 9.17) is 4.74 Å². The van der Waals surface area contributed by atoms with Crippen molar-refractivity contribution in [1.82, 2.24) is 0 Å².